The molecule has 24 heavy (non-hydrogen) atoms. The van der Waals surface area contributed by atoms with Gasteiger partial charge in [0.05, 0.1) is 12.2 Å². The molecule has 136 valence electrons. The number of hydrogen-bond donors (Lipinski definition) is 2. The molecule has 2 N–H and O–H groups in total. The number of ether oxygens (including phenoxy) is 2. The maximum atomic E-state index is 12.2. The van der Waals surface area contributed by atoms with Gasteiger partial charge in [0.1, 0.15) is 5.75 Å². The van der Waals surface area contributed by atoms with Crippen molar-refractivity contribution >= 4 is 24.2 Å². The minimum Gasteiger partial charge on any atom is -0.483 e. The number of carbonyl (C=O) groups is 2. The summed E-state index contributed by atoms with van der Waals surface area (Å²) in [5.41, 5.74) is 0.413. The van der Waals surface area contributed by atoms with E-state index in [1.165, 1.54) is 4.90 Å². The van der Waals surface area contributed by atoms with E-state index in [-0.39, 0.29) is 30.8 Å². The largest absolute Gasteiger partial charge is 0.483 e. The van der Waals surface area contributed by atoms with Crippen molar-refractivity contribution in [3.63, 3.8) is 0 Å². The number of carbonyl (C=O) groups excluding carboxylic acids is 2. The minimum atomic E-state index is -0.230. The first-order chi connectivity index (χ1) is 11.1. The number of hydrogen-bond acceptors (Lipinski definition) is 5. The summed E-state index contributed by atoms with van der Waals surface area (Å²) >= 11 is 0. The lowest BCUT2D eigenvalue weighted by Crippen LogP contribution is -2.33. The van der Waals surface area contributed by atoms with E-state index in [1.807, 2.05) is 0 Å². The number of amides is 2. The third-order valence-electron chi connectivity index (χ3n) is 3.05. The molecule has 0 aliphatic heterocycles. The monoisotopic (exact) mass is 359 g/mol. The first-order valence-corrected chi connectivity index (χ1v) is 7.46. The number of halogens is 1. The Morgan fingerprint density at radius 3 is 2.50 bits per heavy atom. The summed E-state index contributed by atoms with van der Waals surface area (Å²) in [4.78, 5) is 25.2. The predicted octanol–water partition coefficient (Wildman–Crippen LogP) is 0.541. The summed E-state index contributed by atoms with van der Waals surface area (Å²) in [6.45, 7) is 2.41. The van der Waals surface area contributed by atoms with Crippen molar-refractivity contribution in [1.82, 2.24) is 15.5 Å². The molecule has 0 aliphatic carbocycles. The van der Waals surface area contributed by atoms with E-state index in [1.54, 1.807) is 45.5 Å². The molecule has 2 amide bonds. The quantitative estimate of drug-likeness (QED) is 0.596. The van der Waals surface area contributed by atoms with Crippen molar-refractivity contribution in [2.24, 2.45) is 0 Å². The van der Waals surface area contributed by atoms with Crippen LogP contribution in [-0.2, 0) is 9.53 Å². The average molecular weight is 360 g/mol. The van der Waals surface area contributed by atoms with Gasteiger partial charge in [0.2, 0.25) is 0 Å². The van der Waals surface area contributed by atoms with Crippen molar-refractivity contribution in [2.75, 3.05) is 54.1 Å². The molecule has 0 saturated heterocycles. The van der Waals surface area contributed by atoms with Gasteiger partial charge in [-0.3, -0.25) is 9.59 Å². The third-order valence-corrected chi connectivity index (χ3v) is 3.05. The highest BCUT2D eigenvalue weighted by molar-refractivity contribution is 5.97. The Morgan fingerprint density at radius 1 is 1.12 bits per heavy atom. The summed E-state index contributed by atoms with van der Waals surface area (Å²) in [6, 6.07) is 6.86. The Labute approximate surface area is 149 Å². The lowest BCUT2D eigenvalue weighted by Gasteiger charge is -2.14. The van der Waals surface area contributed by atoms with Gasteiger partial charge in [0.25, 0.3) is 11.8 Å². The van der Waals surface area contributed by atoms with Crippen molar-refractivity contribution in [2.45, 2.75) is 0 Å². The number of nitrogens with zero attached hydrogens (tertiary/aromatic N) is 1. The number of likely N-dealkylation sites (N-methyl/N-ethyl adjacent to an activating group) is 1. The van der Waals surface area contributed by atoms with Crippen LogP contribution < -0.4 is 15.4 Å². The van der Waals surface area contributed by atoms with E-state index in [4.69, 9.17) is 9.47 Å². The lowest BCUT2D eigenvalue weighted by molar-refractivity contribution is -0.130. The molecule has 0 radical (unpaired) electrons. The molecule has 1 rings (SSSR count). The molecule has 0 saturated carbocycles. The third kappa shape index (κ3) is 8.14. The summed E-state index contributed by atoms with van der Waals surface area (Å²) in [6.07, 6.45) is 0. The molecular formula is C16H26ClN3O4. The highest BCUT2D eigenvalue weighted by Gasteiger charge is 2.13. The van der Waals surface area contributed by atoms with Gasteiger partial charge in [-0.15, -0.1) is 12.4 Å². The van der Waals surface area contributed by atoms with Crippen LogP contribution in [0.3, 0.4) is 0 Å². The molecule has 0 spiro atoms. The Hall–Kier alpha value is -1.83. The molecular weight excluding hydrogens is 334 g/mol. The standard InChI is InChI=1S/C16H25N3O4.ClH/c1-19(2)15(20)12-23-14-7-5-4-6-13(14)16(21)18-9-8-17-10-11-22-3;/h4-7,17H,8-12H2,1-3H3,(H,18,21);1H. The normalized spacial score (nSPS) is 9.79. The van der Waals surface area contributed by atoms with Gasteiger partial charge in [0, 0.05) is 40.8 Å². The Kier molecular flexibility index (Phi) is 11.6. The number of methoxy groups -OCH3 is 1. The fraction of sp³-hybridized carbons (Fsp3) is 0.500. The first-order valence-electron chi connectivity index (χ1n) is 7.46. The van der Waals surface area contributed by atoms with Crippen molar-refractivity contribution in [1.29, 1.82) is 0 Å². The van der Waals surface area contributed by atoms with Crippen LogP contribution in [0.5, 0.6) is 5.75 Å². The zero-order valence-corrected chi connectivity index (χ0v) is 15.1. The molecule has 0 heterocycles. The topological polar surface area (TPSA) is 79.9 Å². The highest BCUT2D eigenvalue weighted by Crippen LogP contribution is 2.17. The van der Waals surface area contributed by atoms with Crippen molar-refractivity contribution in [3.8, 4) is 5.75 Å². The first kappa shape index (κ1) is 22.2. The van der Waals surface area contributed by atoms with E-state index in [2.05, 4.69) is 10.6 Å². The zero-order valence-electron chi connectivity index (χ0n) is 14.3. The summed E-state index contributed by atoms with van der Waals surface area (Å²) in [5, 5.41) is 5.95. The molecule has 7 nitrogen and oxygen atoms in total. The van der Waals surface area contributed by atoms with Crippen molar-refractivity contribution < 1.29 is 19.1 Å². The minimum absolute atomic E-state index is 0. The van der Waals surface area contributed by atoms with Crippen LogP contribution in [0, 0.1) is 0 Å². The maximum Gasteiger partial charge on any atom is 0.259 e. The van der Waals surface area contributed by atoms with Gasteiger partial charge < -0.3 is 25.0 Å². The molecule has 8 heteroatoms. The van der Waals surface area contributed by atoms with Crippen LogP contribution in [0.15, 0.2) is 24.3 Å². The van der Waals surface area contributed by atoms with Crippen LogP contribution in [0.25, 0.3) is 0 Å². The van der Waals surface area contributed by atoms with Gasteiger partial charge in [-0.25, -0.2) is 0 Å². The van der Waals surface area contributed by atoms with Gasteiger partial charge in [0.15, 0.2) is 6.61 Å². The highest BCUT2D eigenvalue weighted by atomic mass is 35.5. The van der Waals surface area contributed by atoms with E-state index in [0.717, 1.165) is 6.54 Å². The number of benzene rings is 1. The number of para-hydroxylation sites is 1. The Bertz CT molecular complexity index is 512. The fourth-order valence-electron chi connectivity index (χ4n) is 1.71. The van der Waals surface area contributed by atoms with Crippen molar-refractivity contribution in [3.05, 3.63) is 29.8 Å². The molecule has 0 fully saturated rings. The Morgan fingerprint density at radius 2 is 1.83 bits per heavy atom. The molecule has 0 aliphatic rings. The number of rotatable bonds is 10. The molecule has 0 bridgehead atoms. The molecule has 0 unspecified atom stereocenters. The van der Waals surface area contributed by atoms with Gasteiger partial charge in [-0.2, -0.15) is 0 Å². The van der Waals surface area contributed by atoms with Gasteiger partial charge >= 0.3 is 0 Å². The van der Waals surface area contributed by atoms with Gasteiger partial charge in [-0.05, 0) is 12.1 Å². The predicted molar refractivity (Wildman–Crippen MR) is 95.0 cm³/mol. The van der Waals surface area contributed by atoms with Crippen LogP contribution in [0.1, 0.15) is 10.4 Å². The zero-order chi connectivity index (χ0) is 17.1. The summed E-state index contributed by atoms with van der Waals surface area (Å²) < 4.78 is 10.4. The molecule has 1 aromatic carbocycles. The smallest absolute Gasteiger partial charge is 0.259 e. The van der Waals surface area contributed by atoms with Crippen LogP contribution in [0.4, 0.5) is 0 Å². The second-order valence-corrected chi connectivity index (χ2v) is 5.07. The van der Waals surface area contributed by atoms with Crippen LogP contribution >= 0.6 is 12.4 Å². The fourth-order valence-corrected chi connectivity index (χ4v) is 1.71. The molecule has 0 atom stereocenters. The van der Waals surface area contributed by atoms with E-state index < -0.39 is 0 Å². The lowest BCUT2D eigenvalue weighted by atomic mass is 10.2. The number of nitrogens with one attached hydrogen (secondary N) is 2. The van der Waals surface area contributed by atoms with E-state index in [9.17, 15) is 9.59 Å². The molecule has 0 aromatic heterocycles. The summed E-state index contributed by atoms with van der Waals surface area (Å²) in [5.74, 6) is 0.00143. The second kappa shape index (κ2) is 12.6. The van der Waals surface area contributed by atoms with Crippen LogP contribution in [0.2, 0.25) is 0 Å². The van der Waals surface area contributed by atoms with Gasteiger partial charge in [-0.1, -0.05) is 12.1 Å². The maximum absolute atomic E-state index is 12.2. The summed E-state index contributed by atoms with van der Waals surface area (Å²) in [7, 11) is 4.95. The van der Waals surface area contributed by atoms with E-state index >= 15 is 0 Å². The van der Waals surface area contributed by atoms with Crippen LogP contribution in [-0.4, -0.2) is 70.8 Å². The average Bonchev–Trinajstić information content (AvgIpc) is 2.55. The Balaban J connectivity index is 0.00000529. The SMILES string of the molecule is COCCNCCNC(=O)c1ccccc1OCC(=O)N(C)C.Cl. The van der Waals surface area contributed by atoms with E-state index in [0.29, 0.717) is 31.0 Å². The second-order valence-electron chi connectivity index (χ2n) is 5.07. The molecule has 1 aromatic rings.